The third-order valence-corrected chi connectivity index (χ3v) is 4.77. The molecular weight excluding hydrogens is 276 g/mol. The molecule has 0 unspecified atom stereocenters. The standard InChI is InChI=1S/C17H34N4O/c1-4-18-16(20-15(2)3)19-14-17(8-6-5-7-9-17)21-10-12-22-13-11-21/h15H,4-14H2,1-3H3,(H2,18,19,20). The normalized spacial score (nSPS) is 23.5. The quantitative estimate of drug-likeness (QED) is 0.602. The second-order valence-corrected chi connectivity index (χ2v) is 6.88. The van der Waals surface area contributed by atoms with Crippen LogP contribution >= 0.6 is 0 Å². The van der Waals surface area contributed by atoms with Crippen LogP contribution in [0.25, 0.3) is 0 Å². The largest absolute Gasteiger partial charge is 0.379 e. The molecule has 2 rings (SSSR count). The van der Waals surface area contributed by atoms with E-state index in [2.05, 4.69) is 36.3 Å². The summed E-state index contributed by atoms with van der Waals surface area (Å²) >= 11 is 0. The maximum Gasteiger partial charge on any atom is 0.191 e. The molecule has 5 heteroatoms. The Hall–Kier alpha value is -0.810. The number of hydrogen-bond donors (Lipinski definition) is 2. The number of ether oxygens (including phenoxy) is 1. The van der Waals surface area contributed by atoms with Crippen LogP contribution in [-0.2, 0) is 4.74 Å². The predicted octanol–water partition coefficient (Wildman–Crippen LogP) is 1.99. The number of hydrogen-bond acceptors (Lipinski definition) is 3. The first kappa shape index (κ1) is 17.5. The Morgan fingerprint density at radius 3 is 2.45 bits per heavy atom. The minimum Gasteiger partial charge on any atom is -0.379 e. The lowest BCUT2D eigenvalue weighted by Gasteiger charge is -2.47. The lowest BCUT2D eigenvalue weighted by Crippen LogP contribution is -2.56. The summed E-state index contributed by atoms with van der Waals surface area (Å²) in [6.45, 7) is 12.1. The molecule has 0 radical (unpaired) electrons. The van der Waals surface area contributed by atoms with Gasteiger partial charge in [0.25, 0.3) is 0 Å². The topological polar surface area (TPSA) is 48.9 Å². The second kappa shape index (κ2) is 8.73. The molecule has 0 spiro atoms. The number of nitrogens with zero attached hydrogens (tertiary/aromatic N) is 2. The molecule has 0 atom stereocenters. The lowest BCUT2D eigenvalue weighted by molar-refractivity contribution is -0.0333. The summed E-state index contributed by atoms with van der Waals surface area (Å²) in [5.74, 6) is 0.954. The molecule has 2 aliphatic rings. The zero-order valence-corrected chi connectivity index (χ0v) is 14.7. The fraction of sp³-hybridized carbons (Fsp3) is 0.941. The van der Waals surface area contributed by atoms with Crippen molar-refractivity contribution in [2.75, 3.05) is 39.4 Å². The average molecular weight is 310 g/mol. The number of aliphatic imine (C=N–C) groups is 1. The minimum atomic E-state index is 0.251. The van der Waals surface area contributed by atoms with E-state index in [1.807, 2.05) is 0 Å². The van der Waals surface area contributed by atoms with Crippen LogP contribution in [0.3, 0.4) is 0 Å². The summed E-state index contributed by atoms with van der Waals surface area (Å²) < 4.78 is 5.55. The number of rotatable bonds is 5. The van der Waals surface area contributed by atoms with Crippen molar-refractivity contribution in [2.45, 2.75) is 64.5 Å². The second-order valence-electron chi connectivity index (χ2n) is 6.88. The van der Waals surface area contributed by atoms with E-state index in [-0.39, 0.29) is 5.54 Å². The highest BCUT2D eigenvalue weighted by molar-refractivity contribution is 5.80. The fourth-order valence-electron chi connectivity index (χ4n) is 3.64. The SMILES string of the molecule is CCNC(=NCC1(N2CCOCC2)CCCCC1)NC(C)C. The van der Waals surface area contributed by atoms with Crippen molar-refractivity contribution in [3.05, 3.63) is 0 Å². The molecule has 0 aromatic rings. The highest BCUT2D eigenvalue weighted by Gasteiger charge is 2.38. The monoisotopic (exact) mass is 310 g/mol. The van der Waals surface area contributed by atoms with Gasteiger partial charge in [0.15, 0.2) is 5.96 Å². The van der Waals surface area contributed by atoms with E-state index in [0.717, 1.165) is 45.4 Å². The van der Waals surface area contributed by atoms with Gasteiger partial charge in [-0.1, -0.05) is 19.3 Å². The first-order valence-corrected chi connectivity index (χ1v) is 9.04. The summed E-state index contributed by atoms with van der Waals surface area (Å²) in [6, 6.07) is 0.406. The summed E-state index contributed by atoms with van der Waals surface area (Å²) in [6.07, 6.45) is 6.59. The molecule has 1 heterocycles. The van der Waals surface area contributed by atoms with Gasteiger partial charge in [-0.25, -0.2) is 0 Å². The van der Waals surface area contributed by atoms with E-state index in [0.29, 0.717) is 6.04 Å². The van der Waals surface area contributed by atoms with E-state index in [1.54, 1.807) is 0 Å². The zero-order valence-electron chi connectivity index (χ0n) is 14.7. The van der Waals surface area contributed by atoms with Crippen LogP contribution in [0.4, 0.5) is 0 Å². The molecule has 0 aromatic heterocycles. The van der Waals surface area contributed by atoms with Crippen LogP contribution < -0.4 is 10.6 Å². The van der Waals surface area contributed by atoms with Gasteiger partial charge in [0, 0.05) is 31.2 Å². The van der Waals surface area contributed by atoms with Crippen LogP contribution in [0.1, 0.15) is 52.9 Å². The van der Waals surface area contributed by atoms with Gasteiger partial charge in [0.1, 0.15) is 0 Å². The summed E-state index contributed by atoms with van der Waals surface area (Å²) in [4.78, 5) is 7.59. The number of morpholine rings is 1. The molecule has 1 aliphatic heterocycles. The average Bonchev–Trinajstić information content (AvgIpc) is 2.54. The van der Waals surface area contributed by atoms with Gasteiger partial charge < -0.3 is 15.4 Å². The Labute approximate surface area is 135 Å². The van der Waals surface area contributed by atoms with Gasteiger partial charge in [-0.3, -0.25) is 9.89 Å². The fourth-order valence-corrected chi connectivity index (χ4v) is 3.64. The minimum absolute atomic E-state index is 0.251. The Morgan fingerprint density at radius 2 is 1.86 bits per heavy atom. The molecule has 2 fully saturated rings. The van der Waals surface area contributed by atoms with E-state index in [9.17, 15) is 0 Å². The molecule has 0 aromatic carbocycles. The molecule has 2 N–H and O–H groups in total. The van der Waals surface area contributed by atoms with Crippen LogP contribution in [0, 0.1) is 0 Å². The van der Waals surface area contributed by atoms with Gasteiger partial charge >= 0.3 is 0 Å². The molecular formula is C17H34N4O. The van der Waals surface area contributed by atoms with Gasteiger partial charge in [-0.2, -0.15) is 0 Å². The van der Waals surface area contributed by atoms with E-state index >= 15 is 0 Å². The van der Waals surface area contributed by atoms with Crippen molar-refractivity contribution in [1.29, 1.82) is 0 Å². The molecule has 0 bridgehead atoms. The van der Waals surface area contributed by atoms with Gasteiger partial charge in [0.05, 0.1) is 19.8 Å². The van der Waals surface area contributed by atoms with Crippen LogP contribution in [0.2, 0.25) is 0 Å². The summed E-state index contributed by atoms with van der Waals surface area (Å²) in [5, 5.41) is 6.81. The summed E-state index contributed by atoms with van der Waals surface area (Å²) in [7, 11) is 0. The van der Waals surface area contributed by atoms with Crippen LogP contribution in [0.15, 0.2) is 4.99 Å². The first-order valence-electron chi connectivity index (χ1n) is 9.04. The van der Waals surface area contributed by atoms with Crippen molar-refractivity contribution >= 4 is 5.96 Å². The summed E-state index contributed by atoms with van der Waals surface area (Å²) in [5.41, 5.74) is 0.251. The van der Waals surface area contributed by atoms with Crippen molar-refractivity contribution in [3.63, 3.8) is 0 Å². The maximum atomic E-state index is 5.55. The molecule has 1 saturated carbocycles. The zero-order chi connectivity index (χ0) is 15.8. The first-order chi connectivity index (χ1) is 10.7. The van der Waals surface area contributed by atoms with Crippen LogP contribution in [0.5, 0.6) is 0 Å². The van der Waals surface area contributed by atoms with Crippen molar-refractivity contribution in [3.8, 4) is 0 Å². The van der Waals surface area contributed by atoms with Gasteiger partial charge in [-0.05, 0) is 33.6 Å². The van der Waals surface area contributed by atoms with Crippen molar-refractivity contribution < 1.29 is 4.74 Å². The molecule has 5 nitrogen and oxygen atoms in total. The maximum absolute atomic E-state index is 5.55. The molecule has 1 aliphatic carbocycles. The highest BCUT2D eigenvalue weighted by Crippen LogP contribution is 2.34. The highest BCUT2D eigenvalue weighted by atomic mass is 16.5. The van der Waals surface area contributed by atoms with Crippen molar-refractivity contribution in [2.24, 2.45) is 4.99 Å². The Balaban J connectivity index is 2.07. The van der Waals surface area contributed by atoms with Crippen molar-refractivity contribution in [1.82, 2.24) is 15.5 Å². The molecule has 128 valence electrons. The van der Waals surface area contributed by atoms with E-state index < -0.39 is 0 Å². The smallest absolute Gasteiger partial charge is 0.191 e. The number of guanidine groups is 1. The van der Waals surface area contributed by atoms with Crippen LogP contribution in [-0.4, -0.2) is 61.8 Å². The lowest BCUT2D eigenvalue weighted by atomic mass is 9.80. The molecule has 0 amide bonds. The molecule has 1 saturated heterocycles. The Morgan fingerprint density at radius 1 is 1.18 bits per heavy atom. The molecule has 22 heavy (non-hydrogen) atoms. The van der Waals surface area contributed by atoms with Gasteiger partial charge in [-0.15, -0.1) is 0 Å². The predicted molar refractivity (Wildman–Crippen MR) is 92.5 cm³/mol. The van der Waals surface area contributed by atoms with E-state index in [4.69, 9.17) is 9.73 Å². The Bertz CT molecular complexity index is 345. The number of nitrogens with one attached hydrogen (secondary N) is 2. The Kier molecular flexibility index (Phi) is 6.96. The van der Waals surface area contributed by atoms with E-state index in [1.165, 1.54) is 32.1 Å². The van der Waals surface area contributed by atoms with Gasteiger partial charge in [0.2, 0.25) is 0 Å². The third kappa shape index (κ3) is 4.85. The third-order valence-electron chi connectivity index (χ3n) is 4.77.